The van der Waals surface area contributed by atoms with Crippen LogP contribution >= 0.6 is 12.4 Å². The molecule has 0 spiro atoms. The van der Waals surface area contributed by atoms with Gasteiger partial charge in [-0.1, -0.05) is 12.1 Å². The zero-order valence-corrected chi connectivity index (χ0v) is 18.0. The molecule has 3 unspecified atom stereocenters. The van der Waals surface area contributed by atoms with Gasteiger partial charge in [0.05, 0.1) is 18.2 Å². The first kappa shape index (κ1) is 23.6. The molecule has 29 heavy (non-hydrogen) atoms. The normalized spacial score (nSPS) is 23.8. The maximum absolute atomic E-state index is 12.7. The summed E-state index contributed by atoms with van der Waals surface area (Å²) in [7, 11) is 0. The molecule has 3 rings (SSSR count). The van der Waals surface area contributed by atoms with Gasteiger partial charge in [-0.2, -0.15) is 0 Å². The van der Waals surface area contributed by atoms with Crippen LogP contribution in [0.25, 0.3) is 0 Å². The second-order valence-corrected chi connectivity index (χ2v) is 7.86. The monoisotopic (exact) mass is 425 g/mol. The Kier molecular flexibility index (Phi) is 8.89. The van der Waals surface area contributed by atoms with Crippen LogP contribution in [-0.2, 0) is 20.8 Å². The Labute approximate surface area is 178 Å². The molecule has 7 nitrogen and oxygen atoms in total. The predicted octanol–water partition coefficient (Wildman–Crippen LogP) is 1.73. The van der Waals surface area contributed by atoms with E-state index < -0.39 is 6.04 Å². The number of morpholine rings is 1. The van der Waals surface area contributed by atoms with E-state index >= 15 is 0 Å². The van der Waals surface area contributed by atoms with Crippen molar-refractivity contribution in [2.45, 2.75) is 51.5 Å². The molecule has 1 aromatic rings. The number of halogens is 1. The van der Waals surface area contributed by atoms with Gasteiger partial charge in [-0.25, -0.2) is 0 Å². The van der Waals surface area contributed by atoms with E-state index in [4.69, 9.17) is 15.2 Å². The number of nitrogens with two attached hydrogens (primary N) is 1. The third-order valence-corrected chi connectivity index (χ3v) is 5.45. The van der Waals surface area contributed by atoms with Crippen molar-refractivity contribution in [1.29, 1.82) is 0 Å². The van der Waals surface area contributed by atoms with E-state index in [-0.39, 0.29) is 42.3 Å². The molecule has 3 N–H and O–H groups in total. The quantitative estimate of drug-likeness (QED) is 0.749. The lowest BCUT2D eigenvalue weighted by Gasteiger charge is -2.35. The molecular formula is C21H32ClN3O4. The summed E-state index contributed by atoms with van der Waals surface area (Å²) in [5.74, 6) is 0.0505. The number of hydrogen-bond donors (Lipinski definition) is 2. The fraction of sp³-hybridized carbons (Fsp3) is 0.619. The zero-order chi connectivity index (χ0) is 20.1. The largest absolute Gasteiger partial charge is 0.381 e. The van der Waals surface area contributed by atoms with Gasteiger partial charge < -0.3 is 25.4 Å². The van der Waals surface area contributed by atoms with Gasteiger partial charge in [-0.05, 0) is 50.3 Å². The highest BCUT2D eigenvalue weighted by atomic mass is 35.5. The van der Waals surface area contributed by atoms with Crippen LogP contribution in [0.1, 0.15) is 42.6 Å². The van der Waals surface area contributed by atoms with Crippen molar-refractivity contribution in [2.24, 2.45) is 11.7 Å². The van der Waals surface area contributed by atoms with Gasteiger partial charge >= 0.3 is 0 Å². The number of rotatable bonds is 5. The second-order valence-electron chi connectivity index (χ2n) is 7.86. The van der Waals surface area contributed by atoms with Crippen LogP contribution in [0.4, 0.5) is 0 Å². The first-order chi connectivity index (χ1) is 13.4. The van der Waals surface area contributed by atoms with E-state index in [0.29, 0.717) is 38.4 Å². The van der Waals surface area contributed by atoms with Crippen molar-refractivity contribution in [3.05, 3.63) is 35.4 Å². The summed E-state index contributed by atoms with van der Waals surface area (Å²) in [5.41, 5.74) is 7.68. The van der Waals surface area contributed by atoms with Gasteiger partial charge in [0.25, 0.3) is 5.91 Å². The number of carbonyl (C=O) groups is 2. The number of nitrogens with one attached hydrogen (secondary N) is 1. The van der Waals surface area contributed by atoms with Crippen molar-refractivity contribution < 1.29 is 19.1 Å². The number of carbonyl (C=O) groups excluding carboxylic acids is 2. The average Bonchev–Trinajstić information content (AvgIpc) is 2.71. The van der Waals surface area contributed by atoms with Crippen LogP contribution in [0.15, 0.2) is 24.3 Å². The highest BCUT2D eigenvalue weighted by Gasteiger charge is 2.27. The molecule has 0 radical (unpaired) electrons. The molecule has 0 aromatic heterocycles. The highest BCUT2D eigenvalue weighted by molar-refractivity contribution is 5.94. The minimum absolute atomic E-state index is 0. The molecule has 2 aliphatic rings. The zero-order valence-electron chi connectivity index (χ0n) is 17.1. The molecule has 1 aromatic carbocycles. The van der Waals surface area contributed by atoms with Crippen molar-refractivity contribution in [3.8, 4) is 0 Å². The van der Waals surface area contributed by atoms with E-state index in [1.807, 2.05) is 43.0 Å². The van der Waals surface area contributed by atoms with E-state index in [1.165, 1.54) is 0 Å². The standard InChI is InChI=1S/C21H31N3O4.ClH/c1-14-12-24(13-15(2)28-14)21(26)18-5-3-16(4-6-18)11-23-20(25)19(22)17-7-9-27-10-8-17;/h3-6,14-15,17,19H,7-13,22H2,1-2H3,(H,23,25);1H. The molecule has 0 aliphatic carbocycles. The summed E-state index contributed by atoms with van der Waals surface area (Å²) in [6.45, 7) is 6.90. The molecule has 162 valence electrons. The van der Waals surface area contributed by atoms with Crippen LogP contribution in [0.2, 0.25) is 0 Å². The third kappa shape index (κ3) is 6.40. The Hall–Kier alpha value is -1.67. The number of benzene rings is 1. The average molecular weight is 426 g/mol. The number of hydrogen-bond acceptors (Lipinski definition) is 5. The smallest absolute Gasteiger partial charge is 0.254 e. The molecule has 8 heteroatoms. The molecule has 2 heterocycles. The topological polar surface area (TPSA) is 93.9 Å². The van der Waals surface area contributed by atoms with Crippen LogP contribution in [-0.4, -0.2) is 61.3 Å². The number of nitrogens with zero attached hydrogens (tertiary/aromatic N) is 1. The minimum Gasteiger partial charge on any atom is -0.381 e. The molecule has 3 atom stereocenters. The third-order valence-electron chi connectivity index (χ3n) is 5.45. The Morgan fingerprint density at radius 2 is 1.72 bits per heavy atom. The van der Waals surface area contributed by atoms with Gasteiger partial charge in [-0.15, -0.1) is 12.4 Å². The molecule has 0 bridgehead atoms. The maximum Gasteiger partial charge on any atom is 0.254 e. The van der Waals surface area contributed by atoms with E-state index in [1.54, 1.807) is 0 Å². The molecule has 2 aliphatic heterocycles. The fourth-order valence-electron chi connectivity index (χ4n) is 3.89. The Balaban J connectivity index is 0.00000300. The first-order valence-corrected chi connectivity index (χ1v) is 10.1. The summed E-state index contributed by atoms with van der Waals surface area (Å²) in [5, 5.41) is 2.90. The van der Waals surface area contributed by atoms with E-state index in [0.717, 1.165) is 18.4 Å². The molecule has 2 saturated heterocycles. The SMILES string of the molecule is CC1CN(C(=O)c2ccc(CNC(=O)C(N)C3CCOCC3)cc2)CC(C)O1.Cl. The maximum atomic E-state index is 12.7. The molecular weight excluding hydrogens is 394 g/mol. The van der Waals surface area contributed by atoms with E-state index in [9.17, 15) is 9.59 Å². The number of ether oxygens (including phenoxy) is 2. The molecule has 2 amide bonds. The first-order valence-electron chi connectivity index (χ1n) is 10.1. The van der Waals surface area contributed by atoms with Crippen LogP contribution in [0.5, 0.6) is 0 Å². The van der Waals surface area contributed by atoms with Crippen molar-refractivity contribution >= 4 is 24.2 Å². The van der Waals surface area contributed by atoms with E-state index in [2.05, 4.69) is 5.32 Å². The lowest BCUT2D eigenvalue weighted by molar-refractivity contribution is -0.124. The summed E-state index contributed by atoms with van der Waals surface area (Å²) < 4.78 is 11.0. The minimum atomic E-state index is -0.505. The Morgan fingerprint density at radius 3 is 2.31 bits per heavy atom. The van der Waals surface area contributed by atoms with Gasteiger partial charge in [0, 0.05) is 38.4 Å². The molecule has 0 saturated carbocycles. The van der Waals surface area contributed by atoms with Crippen LogP contribution in [0.3, 0.4) is 0 Å². The summed E-state index contributed by atoms with van der Waals surface area (Å²) >= 11 is 0. The molecule has 2 fully saturated rings. The highest BCUT2D eigenvalue weighted by Crippen LogP contribution is 2.18. The van der Waals surface area contributed by atoms with Crippen LogP contribution in [0, 0.1) is 5.92 Å². The lowest BCUT2D eigenvalue weighted by Crippen LogP contribution is -2.48. The number of amides is 2. The second kappa shape index (κ2) is 10.9. The van der Waals surface area contributed by atoms with Crippen molar-refractivity contribution in [1.82, 2.24) is 10.2 Å². The van der Waals surface area contributed by atoms with Gasteiger partial charge in [0.2, 0.25) is 5.91 Å². The summed E-state index contributed by atoms with van der Waals surface area (Å²) in [6.07, 6.45) is 1.73. The lowest BCUT2D eigenvalue weighted by atomic mass is 9.92. The van der Waals surface area contributed by atoms with Crippen molar-refractivity contribution in [3.63, 3.8) is 0 Å². The fourth-order valence-corrected chi connectivity index (χ4v) is 3.89. The summed E-state index contributed by atoms with van der Waals surface area (Å²) in [6, 6.07) is 6.87. The van der Waals surface area contributed by atoms with Gasteiger partial charge in [0.1, 0.15) is 0 Å². The van der Waals surface area contributed by atoms with Crippen LogP contribution < -0.4 is 11.1 Å². The summed E-state index contributed by atoms with van der Waals surface area (Å²) in [4.78, 5) is 26.9. The van der Waals surface area contributed by atoms with Gasteiger partial charge in [0.15, 0.2) is 0 Å². The Morgan fingerprint density at radius 1 is 1.14 bits per heavy atom. The Bertz CT molecular complexity index is 669. The van der Waals surface area contributed by atoms with Crippen molar-refractivity contribution in [2.75, 3.05) is 26.3 Å². The van der Waals surface area contributed by atoms with Gasteiger partial charge in [-0.3, -0.25) is 9.59 Å². The predicted molar refractivity (Wildman–Crippen MR) is 113 cm³/mol.